The fraction of sp³-hybridized carbons (Fsp3) is 0.538. The molecule has 0 unspecified atom stereocenters. The van der Waals surface area contributed by atoms with Crippen molar-refractivity contribution in [1.29, 1.82) is 0 Å². The number of hydrogen-bond acceptors (Lipinski definition) is 3. The first kappa shape index (κ1) is 17.6. The van der Waals surface area contributed by atoms with Gasteiger partial charge in [0.1, 0.15) is 5.75 Å². The lowest BCUT2D eigenvalue weighted by Gasteiger charge is -2.30. The van der Waals surface area contributed by atoms with Gasteiger partial charge in [-0.2, -0.15) is 0 Å². The highest BCUT2D eigenvalue weighted by Crippen LogP contribution is 2.32. The molecule has 0 saturated heterocycles. The minimum absolute atomic E-state index is 0.120. The van der Waals surface area contributed by atoms with Gasteiger partial charge in [-0.3, -0.25) is 0 Å². The SMILES string of the molecule is CCC(CC)(COc1cc(Cl)ccc1Cl)CS(N)(=O)=O. The van der Waals surface area contributed by atoms with Gasteiger partial charge in [0.25, 0.3) is 0 Å². The van der Waals surface area contributed by atoms with E-state index in [1.165, 1.54) is 0 Å². The predicted octanol–water partition coefficient (Wildman–Crippen LogP) is 3.47. The third-order valence-electron chi connectivity index (χ3n) is 3.43. The monoisotopic (exact) mass is 339 g/mol. The number of halogens is 2. The summed E-state index contributed by atoms with van der Waals surface area (Å²) in [5, 5.41) is 6.11. The molecule has 0 atom stereocenters. The number of primary sulfonamides is 1. The highest BCUT2D eigenvalue weighted by molar-refractivity contribution is 7.89. The van der Waals surface area contributed by atoms with Gasteiger partial charge in [0, 0.05) is 16.5 Å². The Morgan fingerprint density at radius 1 is 1.25 bits per heavy atom. The predicted molar refractivity (Wildman–Crippen MR) is 82.9 cm³/mol. The van der Waals surface area contributed by atoms with Crippen LogP contribution in [-0.2, 0) is 10.0 Å². The van der Waals surface area contributed by atoms with E-state index in [-0.39, 0.29) is 12.4 Å². The van der Waals surface area contributed by atoms with Crippen LogP contribution in [0.25, 0.3) is 0 Å². The molecule has 1 aromatic carbocycles. The Balaban J connectivity index is 2.89. The quantitative estimate of drug-likeness (QED) is 0.826. The Kier molecular flexibility index (Phi) is 6.13. The molecule has 0 aliphatic heterocycles. The topological polar surface area (TPSA) is 69.4 Å². The summed E-state index contributed by atoms with van der Waals surface area (Å²) in [5.74, 6) is 0.324. The summed E-state index contributed by atoms with van der Waals surface area (Å²) in [7, 11) is -3.57. The number of nitrogens with two attached hydrogens (primary N) is 1. The Bertz CT molecular complexity index is 557. The van der Waals surface area contributed by atoms with E-state index in [1.807, 2.05) is 13.8 Å². The van der Waals surface area contributed by atoms with Crippen LogP contribution >= 0.6 is 23.2 Å². The molecule has 20 heavy (non-hydrogen) atoms. The maximum Gasteiger partial charge on any atom is 0.209 e. The Hall–Kier alpha value is -0.490. The Morgan fingerprint density at radius 3 is 2.35 bits per heavy atom. The van der Waals surface area contributed by atoms with Crippen LogP contribution in [0.15, 0.2) is 18.2 Å². The smallest absolute Gasteiger partial charge is 0.209 e. The third kappa shape index (κ3) is 5.13. The molecule has 7 heteroatoms. The fourth-order valence-corrected chi connectivity index (χ4v) is 3.62. The molecule has 0 amide bonds. The zero-order valence-corrected chi connectivity index (χ0v) is 13.9. The zero-order valence-electron chi connectivity index (χ0n) is 11.5. The summed E-state index contributed by atoms with van der Waals surface area (Å²) in [6, 6.07) is 4.91. The first-order chi connectivity index (χ1) is 9.21. The van der Waals surface area contributed by atoms with E-state index in [4.69, 9.17) is 33.1 Å². The van der Waals surface area contributed by atoms with Crippen LogP contribution in [0.4, 0.5) is 0 Å². The van der Waals surface area contributed by atoms with Crippen LogP contribution in [-0.4, -0.2) is 20.8 Å². The summed E-state index contributed by atoms with van der Waals surface area (Å²) >= 11 is 11.9. The van der Waals surface area contributed by atoms with Crippen molar-refractivity contribution in [2.75, 3.05) is 12.4 Å². The molecule has 0 fully saturated rings. The second-order valence-corrected chi connectivity index (χ2v) is 7.34. The molecule has 4 nitrogen and oxygen atoms in total. The molecule has 0 spiro atoms. The standard InChI is InChI=1S/C13H19Cl2NO3S/c1-3-13(4-2,9-20(16,17)18)8-19-12-7-10(14)5-6-11(12)15/h5-7H,3-4,8-9H2,1-2H3,(H2,16,17,18). The average Bonchev–Trinajstić information content (AvgIpc) is 2.37. The van der Waals surface area contributed by atoms with Crippen molar-refractivity contribution >= 4 is 33.2 Å². The Morgan fingerprint density at radius 2 is 1.85 bits per heavy atom. The molecule has 0 bridgehead atoms. The molecule has 0 heterocycles. The number of rotatable bonds is 7. The molecule has 0 radical (unpaired) electrons. The van der Waals surface area contributed by atoms with Crippen molar-refractivity contribution in [1.82, 2.24) is 0 Å². The molecular weight excluding hydrogens is 321 g/mol. The number of ether oxygens (including phenoxy) is 1. The molecule has 1 rings (SSSR count). The summed E-state index contributed by atoms with van der Waals surface area (Å²) in [4.78, 5) is 0. The van der Waals surface area contributed by atoms with E-state index >= 15 is 0 Å². The Labute approximate surface area is 130 Å². The van der Waals surface area contributed by atoms with Gasteiger partial charge in [0.05, 0.1) is 17.4 Å². The largest absolute Gasteiger partial charge is 0.491 e. The van der Waals surface area contributed by atoms with E-state index in [0.29, 0.717) is 28.6 Å². The van der Waals surface area contributed by atoms with Gasteiger partial charge >= 0.3 is 0 Å². The van der Waals surface area contributed by atoms with Crippen molar-refractivity contribution < 1.29 is 13.2 Å². The van der Waals surface area contributed by atoms with Crippen molar-refractivity contribution in [3.8, 4) is 5.75 Å². The maximum atomic E-state index is 11.4. The summed E-state index contributed by atoms with van der Waals surface area (Å²) < 4.78 is 28.4. The van der Waals surface area contributed by atoms with Crippen molar-refractivity contribution in [2.24, 2.45) is 10.6 Å². The van der Waals surface area contributed by atoms with Crippen LogP contribution in [0.3, 0.4) is 0 Å². The number of hydrogen-bond donors (Lipinski definition) is 1. The lowest BCUT2D eigenvalue weighted by molar-refractivity contribution is 0.154. The highest BCUT2D eigenvalue weighted by Gasteiger charge is 2.32. The molecule has 114 valence electrons. The molecule has 1 aromatic rings. The van der Waals surface area contributed by atoms with Crippen molar-refractivity contribution in [2.45, 2.75) is 26.7 Å². The molecular formula is C13H19Cl2NO3S. The minimum Gasteiger partial charge on any atom is -0.491 e. The maximum absolute atomic E-state index is 11.4. The van der Waals surface area contributed by atoms with Crippen LogP contribution < -0.4 is 9.88 Å². The lowest BCUT2D eigenvalue weighted by Crippen LogP contribution is -2.37. The zero-order chi connectivity index (χ0) is 15.4. The van der Waals surface area contributed by atoms with Crippen LogP contribution in [0, 0.1) is 5.41 Å². The van der Waals surface area contributed by atoms with Gasteiger partial charge in [-0.1, -0.05) is 37.0 Å². The average molecular weight is 340 g/mol. The summed E-state index contributed by atoms with van der Waals surface area (Å²) in [6.45, 7) is 4.05. The second kappa shape index (κ2) is 6.98. The van der Waals surface area contributed by atoms with E-state index < -0.39 is 15.4 Å². The van der Waals surface area contributed by atoms with Gasteiger partial charge < -0.3 is 4.74 Å². The van der Waals surface area contributed by atoms with Gasteiger partial charge in [0.15, 0.2) is 0 Å². The lowest BCUT2D eigenvalue weighted by atomic mass is 9.85. The van der Waals surface area contributed by atoms with Crippen LogP contribution in [0.1, 0.15) is 26.7 Å². The first-order valence-electron chi connectivity index (χ1n) is 6.29. The molecule has 0 aromatic heterocycles. The van der Waals surface area contributed by atoms with Crippen LogP contribution in [0.5, 0.6) is 5.75 Å². The number of sulfonamides is 1. The van der Waals surface area contributed by atoms with Crippen molar-refractivity contribution in [3.05, 3.63) is 28.2 Å². The minimum atomic E-state index is -3.57. The molecule has 0 aliphatic carbocycles. The highest BCUT2D eigenvalue weighted by atomic mass is 35.5. The van der Waals surface area contributed by atoms with E-state index in [9.17, 15) is 8.42 Å². The fourth-order valence-electron chi connectivity index (χ4n) is 1.95. The van der Waals surface area contributed by atoms with E-state index in [0.717, 1.165) is 0 Å². The van der Waals surface area contributed by atoms with E-state index in [1.54, 1.807) is 18.2 Å². The summed E-state index contributed by atoms with van der Waals surface area (Å²) in [6.07, 6.45) is 1.27. The first-order valence-corrected chi connectivity index (χ1v) is 8.77. The molecule has 0 saturated carbocycles. The normalized spacial score (nSPS) is 12.4. The van der Waals surface area contributed by atoms with Gasteiger partial charge in [-0.25, -0.2) is 13.6 Å². The summed E-state index contributed by atoms with van der Waals surface area (Å²) in [5.41, 5.74) is -0.529. The van der Waals surface area contributed by atoms with Crippen molar-refractivity contribution in [3.63, 3.8) is 0 Å². The second-order valence-electron chi connectivity index (χ2n) is 4.88. The van der Waals surface area contributed by atoms with Gasteiger partial charge in [0.2, 0.25) is 10.0 Å². The van der Waals surface area contributed by atoms with Gasteiger partial charge in [-0.15, -0.1) is 0 Å². The third-order valence-corrected chi connectivity index (χ3v) is 5.00. The number of benzene rings is 1. The van der Waals surface area contributed by atoms with E-state index in [2.05, 4.69) is 0 Å². The van der Waals surface area contributed by atoms with Gasteiger partial charge in [-0.05, 0) is 25.0 Å². The molecule has 2 N–H and O–H groups in total. The molecule has 0 aliphatic rings. The van der Waals surface area contributed by atoms with Crippen LogP contribution in [0.2, 0.25) is 10.0 Å².